The molecule has 0 rings (SSSR count). The van der Waals surface area contributed by atoms with Gasteiger partial charge in [-0.1, -0.05) is 4.89 Å². The number of hydrogen-bond donors (Lipinski definition) is 2. The van der Waals surface area contributed by atoms with Crippen molar-refractivity contribution in [2.45, 2.75) is 19.1 Å². The standard InChI is InChI=1S/C3H9NO3S/c1-3(2)8(6,7)4-5/h3-5H,1-2H3. The zero-order valence-corrected chi connectivity index (χ0v) is 5.57. The first-order chi connectivity index (χ1) is 3.50. The number of rotatable bonds is 2. The van der Waals surface area contributed by atoms with Crippen molar-refractivity contribution >= 4 is 10.0 Å². The molecule has 8 heavy (non-hydrogen) atoms. The lowest BCUT2D eigenvalue weighted by Gasteiger charge is -2.01. The molecule has 4 nitrogen and oxygen atoms in total. The highest BCUT2D eigenvalue weighted by Gasteiger charge is 2.12. The Morgan fingerprint density at radius 2 is 1.88 bits per heavy atom. The maximum absolute atomic E-state index is 10.3. The van der Waals surface area contributed by atoms with Gasteiger partial charge in [-0.15, -0.1) is 0 Å². The average Bonchev–Trinajstić information content (AvgIpc) is 1.67. The summed E-state index contributed by atoms with van der Waals surface area (Å²) in [6, 6.07) is 0. The third-order valence-electron chi connectivity index (χ3n) is 0.748. The van der Waals surface area contributed by atoms with Crippen molar-refractivity contribution in [2.75, 3.05) is 0 Å². The van der Waals surface area contributed by atoms with Crippen LogP contribution < -0.4 is 4.89 Å². The first-order valence-corrected chi connectivity index (χ1v) is 3.70. The molecule has 0 unspecified atom stereocenters. The van der Waals surface area contributed by atoms with Crippen molar-refractivity contribution < 1.29 is 13.6 Å². The Bertz CT molecular complexity index is 148. The summed E-state index contributed by atoms with van der Waals surface area (Å²) in [4.78, 5) is 1.21. The number of nitrogens with one attached hydrogen (secondary N) is 1. The molecule has 0 spiro atoms. The van der Waals surface area contributed by atoms with Crippen molar-refractivity contribution in [1.29, 1.82) is 0 Å². The van der Waals surface area contributed by atoms with Crippen LogP contribution in [0.15, 0.2) is 0 Å². The van der Waals surface area contributed by atoms with E-state index in [1.54, 1.807) is 0 Å². The quantitative estimate of drug-likeness (QED) is 0.516. The van der Waals surface area contributed by atoms with Crippen LogP contribution in [0.3, 0.4) is 0 Å². The SMILES string of the molecule is CC(C)S(=O)(=O)NO. The van der Waals surface area contributed by atoms with Gasteiger partial charge in [0.1, 0.15) is 0 Å². The molecule has 0 aromatic heterocycles. The normalized spacial score (nSPS) is 12.5. The Morgan fingerprint density at radius 1 is 1.50 bits per heavy atom. The molecule has 0 aliphatic rings. The monoisotopic (exact) mass is 139 g/mol. The summed E-state index contributed by atoms with van der Waals surface area (Å²) < 4.78 is 20.7. The Balaban J connectivity index is 4.17. The van der Waals surface area contributed by atoms with Crippen LogP contribution in [0.2, 0.25) is 0 Å². The Hall–Kier alpha value is -0.130. The summed E-state index contributed by atoms with van der Waals surface area (Å²) >= 11 is 0. The minimum atomic E-state index is -3.43. The maximum atomic E-state index is 10.3. The van der Waals surface area contributed by atoms with E-state index >= 15 is 0 Å². The van der Waals surface area contributed by atoms with Crippen molar-refractivity contribution in [3.8, 4) is 0 Å². The van der Waals surface area contributed by atoms with Gasteiger partial charge in [0.2, 0.25) is 10.0 Å². The Labute approximate surface area is 48.5 Å². The van der Waals surface area contributed by atoms with Crippen molar-refractivity contribution in [1.82, 2.24) is 4.89 Å². The summed E-state index contributed by atoms with van der Waals surface area (Å²) in [5, 5.41) is 7.35. The molecular weight excluding hydrogens is 130 g/mol. The third kappa shape index (κ3) is 1.77. The van der Waals surface area contributed by atoms with Gasteiger partial charge in [0, 0.05) is 0 Å². The summed E-state index contributed by atoms with van der Waals surface area (Å²) in [7, 11) is -3.43. The highest BCUT2D eigenvalue weighted by atomic mass is 32.2. The van der Waals surface area contributed by atoms with Gasteiger partial charge in [-0.3, -0.25) is 0 Å². The van der Waals surface area contributed by atoms with Gasteiger partial charge in [-0.05, 0) is 13.8 Å². The van der Waals surface area contributed by atoms with Crippen LogP contribution in [0, 0.1) is 0 Å². The van der Waals surface area contributed by atoms with Crippen LogP contribution in [0.4, 0.5) is 0 Å². The molecule has 0 bridgehead atoms. The van der Waals surface area contributed by atoms with E-state index in [4.69, 9.17) is 5.21 Å². The first kappa shape index (κ1) is 7.87. The molecule has 0 amide bonds. The minimum absolute atomic E-state index is 0.576. The van der Waals surface area contributed by atoms with E-state index in [2.05, 4.69) is 0 Å². The highest BCUT2D eigenvalue weighted by Crippen LogP contribution is 1.92. The van der Waals surface area contributed by atoms with Crippen LogP contribution in [-0.2, 0) is 10.0 Å². The lowest BCUT2D eigenvalue weighted by molar-refractivity contribution is 0.241. The molecule has 0 saturated carbocycles. The average molecular weight is 139 g/mol. The van der Waals surface area contributed by atoms with Gasteiger partial charge in [-0.25, -0.2) is 8.42 Å². The van der Waals surface area contributed by atoms with E-state index in [9.17, 15) is 8.42 Å². The summed E-state index contributed by atoms with van der Waals surface area (Å²) in [5.74, 6) is 0. The molecule has 0 radical (unpaired) electrons. The van der Waals surface area contributed by atoms with Crippen LogP contribution in [0.1, 0.15) is 13.8 Å². The van der Waals surface area contributed by atoms with Gasteiger partial charge in [0.05, 0.1) is 5.25 Å². The molecule has 50 valence electrons. The Kier molecular flexibility index (Phi) is 2.39. The molecule has 0 aliphatic heterocycles. The molecule has 0 aromatic rings. The molecule has 0 fully saturated rings. The van der Waals surface area contributed by atoms with Gasteiger partial charge in [-0.2, -0.15) is 0 Å². The predicted octanol–water partition coefficient (Wildman–Crippen LogP) is -0.297. The first-order valence-electron chi connectivity index (χ1n) is 2.15. The van der Waals surface area contributed by atoms with E-state index in [1.807, 2.05) is 0 Å². The summed E-state index contributed by atoms with van der Waals surface area (Å²) in [6.45, 7) is 2.94. The summed E-state index contributed by atoms with van der Waals surface area (Å²) in [5.41, 5.74) is 0. The van der Waals surface area contributed by atoms with Crippen molar-refractivity contribution in [3.05, 3.63) is 0 Å². The zero-order chi connectivity index (χ0) is 6.78. The predicted molar refractivity (Wildman–Crippen MR) is 29.0 cm³/mol. The molecule has 5 heteroatoms. The van der Waals surface area contributed by atoms with E-state index in [0.717, 1.165) is 0 Å². The fourth-order valence-corrected chi connectivity index (χ4v) is 0.316. The van der Waals surface area contributed by atoms with E-state index in [1.165, 1.54) is 18.7 Å². The van der Waals surface area contributed by atoms with Crippen LogP contribution in [-0.4, -0.2) is 18.9 Å². The second-order valence-electron chi connectivity index (χ2n) is 1.69. The van der Waals surface area contributed by atoms with Gasteiger partial charge in [0.15, 0.2) is 0 Å². The molecule has 0 aromatic carbocycles. The lowest BCUT2D eigenvalue weighted by Crippen LogP contribution is -2.27. The highest BCUT2D eigenvalue weighted by molar-refractivity contribution is 7.89. The van der Waals surface area contributed by atoms with Gasteiger partial charge in [0.25, 0.3) is 0 Å². The largest absolute Gasteiger partial charge is 0.302 e. The van der Waals surface area contributed by atoms with Crippen molar-refractivity contribution in [3.63, 3.8) is 0 Å². The van der Waals surface area contributed by atoms with Gasteiger partial charge < -0.3 is 5.21 Å². The molecule has 2 N–H and O–H groups in total. The van der Waals surface area contributed by atoms with Gasteiger partial charge >= 0.3 is 0 Å². The van der Waals surface area contributed by atoms with Crippen LogP contribution >= 0.6 is 0 Å². The molecule has 0 saturated heterocycles. The molecular formula is C3H9NO3S. The fourth-order valence-electron chi connectivity index (χ4n) is 0.105. The van der Waals surface area contributed by atoms with Crippen molar-refractivity contribution in [2.24, 2.45) is 0 Å². The maximum Gasteiger partial charge on any atom is 0.235 e. The minimum Gasteiger partial charge on any atom is -0.302 e. The topological polar surface area (TPSA) is 66.4 Å². The van der Waals surface area contributed by atoms with Crippen LogP contribution in [0.25, 0.3) is 0 Å². The smallest absolute Gasteiger partial charge is 0.235 e. The second-order valence-corrected chi connectivity index (χ2v) is 3.90. The van der Waals surface area contributed by atoms with E-state index < -0.39 is 15.3 Å². The Morgan fingerprint density at radius 3 is 1.88 bits per heavy atom. The fraction of sp³-hybridized carbons (Fsp3) is 1.00. The summed E-state index contributed by atoms with van der Waals surface area (Å²) in [6.07, 6.45) is 0. The molecule has 0 atom stereocenters. The number of sulfonamides is 1. The molecule has 0 heterocycles. The zero-order valence-electron chi connectivity index (χ0n) is 4.75. The van der Waals surface area contributed by atoms with Crippen LogP contribution in [0.5, 0.6) is 0 Å². The van der Waals surface area contributed by atoms with E-state index in [-0.39, 0.29) is 0 Å². The second kappa shape index (κ2) is 2.43. The van der Waals surface area contributed by atoms with E-state index in [0.29, 0.717) is 0 Å². The third-order valence-corrected chi connectivity index (χ3v) is 2.24. The number of hydrogen-bond acceptors (Lipinski definition) is 3. The lowest BCUT2D eigenvalue weighted by atomic mass is 10.6. The molecule has 0 aliphatic carbocycles.